The molecule has 0 aliphatic heterocycles. The van der Waals surface area contributed by atoms with Gasteiger partial charge in [0, 0.05) is 25.9 Å². The summed E-state index contributed by atoms with van der Waals surface area (Å²) in [6.07, 6.45) is 3.54. The van der Waals surface area contributed by atoms with E-state index >= 15 is 0 Å². The second-order valence-corrected chi connectivity index (χ2v) is 3.88. The van der Waals surface area contributed by atoms with Crippen molar-refractivity contribution in [1.29, 1.82) is 0 Å². The molecule has 0 bridgehead atoms. The minimum Gasteiger partial charge on any atom is -0.380 e. The summed E-state index contributed by atoms with van der Waals surface area (Å²) in [5.41, 5.74) is 0. The molecule has 1 heterocycles. The molecule has 5 nitrogen and oxygen atoms in total. The van der Waals surface area contributed by atoms with Gasteiger partial charge in [-0.1, -0.05) is 19.1 Å². The minimum atomic E-state index is 0.611. The van der Waals surface area contributed by atoms with Crippen LogP contribution in [-0.2, 0) is 11.3 Å². The summed E-state index contributed by atoms with van der Waals surface area (Å²) in [7, 11) is 0. The molecule has 5 heteroatoms. The zero-order valence-electron chi connectivity index (χ0n) is 9.52. The summed E-state index contributed by atoms with van der Waals surface area (Å²) >= 11 is 0. The Hall–Kier alpha value is -0.940. The molecule has 0 unspecified atom stereocenters. The molecule has 0 saturated carbocycles. The van der Waals surface area contributed by atoms with E-state index in [1.165, 1.54) is 0 Å². The van der Waals surface area contributed by atoms with Gasteiger partial charge in [-0.2, -0.15) is 0 Å². The number of nitrogens with zero attached hydrogens (tertiary/aromatic N) is 3. The summed E-state index contributed by atoms with van der Waals surface area (Å²) < 4.78 is 7.24. The molecule has 0 aliphatic carbocycles. The highest BCUT2D eigenvalue weighted by molar-refractivity contribution is 4.64. The van der Waals surface area contributed by atoms with Crippen LogP contribution in [0.15, 0.2) is 12.4 Å². The Balaban J connectivity index is 1.85. The SMILES string of the molecule is CC(C)COCCNCCn1ccnn1. The Kier molecular flexibility index (Phi) is 5.96. The smallest absolute Gasteiger partial charge is 0.0692 e. The lowest BCUT2D eigenvalue weighted by molar-refractivity contribution is 0.111. The number of hydrogen-bond donors (Lipinski definition) is 1. The lowest BCUT2D eigenvalue weighted by Gasteiger charge is -2.07. The maximum atomic E-state index is 5.44. The van der Waals surface area contributed by atoms with Crippen molar-refractivity contribution in [1.82, 2.24) is 20.3 Å². The predicted molar refractivity (Wildman–Crippen MR) is 58.5 cm³/mol. The van der Waals surface area contributed by atoms with E-state index in [2.05, 4.69) is 29.5 Å². The fraction of sp³-hybridized carbons (Fsp3) is 0.800. The van der Waals surface area contributed by atoms with Crippen molar-refractivity contribution in [2.24, 2.45) is 5.92 Å². The molecular weight excluding hydrogens is 192 g/mol. The van der Waals surface area contributed by atoms with Crippen molar-refractivity contribution in [3.8, 4) is 0 Å². The summed E-state index contributed by atoms with van der Waals surface area (Å²) in [6, 6.07) is 0. The van der Waals surface area contributed by atoms with Crippen LogP contribution >= 0.6 is 0 Å². The van der Waals surface area contributed by atoms with Crippen LogP contribution in [0.1, 0.15) is 13.8 Å². The standard InChI is InChI=1S/C10H20N4O/c1-10(2)9-15-8-5-11-3-6-14-7-4-12-13-14/h4,7,10-11H,3,5-6,8-9H2,1-2H3. The molecule has 0 spiro atoms. The van der Waals surface area contributed by atoms with Gasteiger partial charge < -0.3 is 10.1 Å². The Morgan fingerprint density at radius 1 is 1.40 bits per heavy atom. The van der Waals surface area contributed by atoms with E-state index in [1.807, 2.05) is 10.9 Å². The lowest BCUT2D eigenvalue weighted by atomic mass is 10.2. The van der Waals surface area contributed by atoms with Gasteiger partial charge in [-0.3, -0.25) is 4.68 Å². The molecule has 1 N–H and O–H groups in total. The molecule has 1 rings (SSSR count). The molecule has 0 radical (unpaired) electrons. The topological polar surface area (TPSA) is 52.0 Å². The first kappa shape index (κ1) is 12.1. The third kappa shape index (κ3) is 6.19. The van der Waals surface area contributed by atoms with Gasteiger partial charge in [0.05, 0.1) is 19.3 Å². The van der Waals surface area contributed by atoms with E-state index in [0.29, 0.717) is 5.92 Å². The maximum Gasteiger partial charge on any atom is 0.0692 e. The molecule has 0 saturated heterocycles. The Morgan fingerprint density at radius 3 is 2.93 bits per heavy atom. The van der Waals surface area contributed by atoms with Crippen LogP contribution < -0.4 is 5.32 Å². The summed E-state index contributed by atoms with van der Waals surface area (Å²) in [6.45, 7) is 8.55. The summed E-state index contributed by atoms with van der Waals surface area (Å²) in [5.74, 6) is 0.611. The molecule has 0 aliphatic rings. The quantitative estimate of drug-likeness (QED) is 0.639. The van der Waals surface area contributed by atoms with Crippen LogP contribution in [0.4, 0.5) is 0 Å². The van der Waals surface area contributed by atoms with E-state index in [1.54, 1.807) is 6.20 Å². The van der Waals surface area contributed by atoms with E-state index in [9.17, 15) is 0 Å². The Bertz CT molecular complexity index is 236. The van der Waals surface area contributed by atoms with Crippen molar-refractivity contribution in [2.45, 2.75) is 20.4 Å². The van der Waals surface area contributed by atoms with Gasteiger partial charge in [0.25, 0.3) is 0 Å². The van der Waals surface area contributed by atoms with E-state index in [0.717, 1.165) is 32.8 Å². The van der Waals surface area contributed by atoms with Crippen LogP contribution in [0.3, 0.4) is 0 Å². The summed E-state index contributed by atoms with van der Waals surface area (Å²) in [4.78, 5) is 0. The van der Waals surface area contributed by atoms with Gasteiger partial charge >= 0.3 is 0 Å². The lowest BCUT2D eigenvalue weighted by Crippen LogP contribution is -2.24. The molecule has 86 valence electrons. The molecular formula is C10H20N4O. The highest BCUT2D eigenvalue weighted by Crippen LogP contribution is 1.90. The van der Waals surface area contributed by atoms with Gasteiger partial charge in [-0.25, -0.2) is 0 Å². The molecule has 0 aromatic carbocycles. The van der Waals surface area contributed by atoms with Crippen LogP contribution in [-0.4, -0.2) is 41.3 Å². The van der Waals surface area contributed by atoms with Crippen LogP contribution in [0.5, 0.6) is 0 Å². The molecule has 1 aromatic rings. The molecule has 15 heavy (non-hydrogen) atoms. The normalized spacial score (nSPS) is 11.1. The fourth-order valence-electron chi connectivity index (χ4n) is 1.13. The van der Waals surface area contributed by atoms with Crippen molar-refractivity contribution >= 4 is 0 Å². The highest BCUT2D eigenvalue weighted by Gasteiger charge is 1.94. The molecule has 0 fully saturated rings. The van der Waals surface area contributed by atoms with Crippen molar-refractivity contribution in [3.63, 3.8) is 0 Å². The average Bonchev–Trinajstić information content (AvgIpc) is 2.68. The fourth-order valence-corrected chi connectivity index (χ4v) is 1.13. The zero-order chi connectivity index (χ0) is 10.9. The second kappa shape index (κ2) is 7.36. The number of aromatic nitrogens is 3. The first-order valence-electron chi connectivity index (χ1n) is 5.41. The molecule has 1 aromatic heterocycles. The number of rotatable bonds is 8. The van der Waals surface area contributed by atoms with E-state index in [4.69, 9.17) is 4.74 Å². The monoisotopic (exact) mass is 212 g/mol. The first-order chi connectivity index (χ1) is 7.29. The third-order valence-corrected chi connectivity index (χ3v) is 1.86. The Morgan fingerprint density at radius 2 is 2.27 bits per heavy atom. The number of nitrogens with one attached hydrogen (secondary N) is 1. The minimum absolute atomic E-state index is 0.611. The van der Waals surface area contributed by atoms with Crippen molar-refractivity contribution < 1.29 is 4.74 Å². The van der Waals surface area contributed by atoms with Gasteiger partial charge in [-0.15, -0.1) is 5.10 Å². The Labute approximate surface area is 90.8 Å². The van der Waals surface area contributed by atoms with Gasteiger partial charge in [0.2, 0.25) is 0 Å². The molecule has 0 amide bonds. The second-order valence-electron chi connectivity index (χ2n) is 3.88. The summed E-state index contributed by atoms with van der Waals surface area (Å²) in [5, 5.41) is 10.9. The van der Waals surface area contributed by atoms with Crippen molar-refractivity contribution in [3.05, 3.63) is 12.4 Å². The molecule has 0 atom stereocenters. The van der Waals surface area contributed by atoms with Gasteiger partial charge in [-0.05, 0) is 5.92 Å². The maximum absolute atomic E-state index is 5.44. The van der Waals surface area contributed by atoms with E-state index < -0.39 is 0 Å². The van der Waals surface area contributed by atoms with Crippen LogP contribution in [0.25, 0.3) is 0 Å². The van der Waals surface area contributed by atoms with Crippen LogP contribution in [0.2, 0.25) is 0 Å². The highest BCUT2D eigenvalue weighted by atomic mass is 16.5. The van der Waals surface area contributed by atoms with Gasteiger partial charge in [0.15, 0.2) is 0 Å². The third-order valence-electron chi connectivity index (χ3n) is 1.86. The number of ether oxygens (including phenoxy) is 1. The van der Waals surface area contributed by atoms with E-state index in [-0.39, 0.29) is 0 Å². The van der Waals surface area contributed by atoms with Gasteiger partial charge in [0.1, 0.15) is 0 Å². The predicted octanol–water partition coefficient (Wildman–Crippen LogP) is 0.540. The largest absolute Gasteiger partial charge is 0.380 e. The zero-order valence-corrected chi connectivity index (χ0v) is 9.52. The average molecular weight is 212 g/mol. The first-order valence-corrected chi connectivity index (χ1v) is 5.41. The van der Waals surface area contributed by atoms with Crippen LogP contribution in [0, 0.1) is 5.92 Å². The number of hydrogen-bond acceptors (Lipinski definition) is 4. The van der Waals surface area contributed by atoms with Crippen molar-refractivity contribution in [2.75, 3.05) is 26.3 Å².